The Kier molecular flexibility index (Phi) is 4.67. The van der Waals surface area contributed by atoms with Crippen LogP contribution in [0.25, 0.3) is 10.2 Å². The molecule has 128 valence electrons. The molecule has 1 saturated heterocycles. The fraction of sp³-hybridized carbons (Fsp3) is 0.278. The summed E-state index contributed by atoms with van der Waals surface area (Å²) in [4.78, 5) is 23.6. The molecule has 0 radical (unpaired) electrons. The van der Waals surface area contributed by atoms with Crippen molar-refractivity contribution in [1.29, 1.82) is 0 Å². The zero-order valence-electron chi connectivity index (χ0n) is 13.5. The summed E-state index contributed by atoms with van der Waals surface area (Å²) < 4.78 is 2.10. The Hall–Kier alpha value is -1.99. The Balaban J connectivity index is 1.37. The first-order chi connectivity index (χ1) is 12.2. The lowest BCUT2D eigenvalue weighted by Crippen LogP contribution is -2.38. The predicted octanol–water partition coefficient (Wildman–Crippen LogP) is 4.31. The molecule has 0 unspecified atom stereocenters. The maximum atomic E-state index is 12.4. The fourth-order valence-corrected chi connectivity index (χ4v) is 4.26. The van der Waals surface area contributed by atoms with Crippen LogP contribution in [0, 0.1) is 5.92 Å². The van der Waals surface area contributed by atoms with E-state index in [9.17, 15) is 4.79 Å². The lowest BCUT2D eigenvalue weighted by molar-refractivity contribution is -0.120. The summed E-state index contributed by atoms with van der Waals surface area (Å²) in [6.07, 6.45) is 3.35. The molecular weight excluding hydrogens is 400 g/mol. The molecule has 1 fully saturated rings. The van der Waals surface area contributed by atoms with Crippen molar-refractivity contribution < 1.29 is 4.79 Å². The molecule has 25 heavy (non-hydrogen) atoms. The van der Waals surface area contributed by atoms with E-state index in [1.54, 1.807) is 23.6 Å². The minimum Gasteiger partial charge on any atom is -0.348 e. The van der Waals surface area contributed by atoms with Gasteiger partial charge in [0.15, 0.2) is 5.13 Å². The first-order valence-electron chi connectivity index (χ1n) is 8.22. The van der Waals surface area contributed by atoms with Gasteiger partial charge in [0.25, 0.3) is 0 Å². The van der Waals surface area contributed by atoms with E-state index in [0.717, 1.165) is 41.1 Å². The standard InChI is InChI=1S/C18H17BrN4OS/c19-13-5-6-16(20-11-13)22-17(24)12-7-9-23(10-8-12)18-21-14-3-1-2-4-15(14)25-18/h1-6,11-12H,7-10H2,(H,20,22,24). The minimum atomic E-state index is 0.0241. The van der Waals surface area contributed by atoms with Gasteiger partial charge in [0.1, 0.15) is 5.82 Å². The van der Waals surface area contributed by atoms with Crippen molar-refractivity contribution in [3.8, 4) is 0 Å². The Bertz CT molecular complexity index is 854. The van der Waals surface area contributed by atoms with Crippen LogP contribution in [0.4, 0.5) is 10.9 Å². The van der Waals surface area contributed by atoms with Gasteiger partial charge in [-0.2, -0.15) is 0 Å². The van der Waals surface area contributed by atoms with Crippen molar-refractivity contribution in [2.24, 2.45) is 5.92 Å². The molecule has 7 heteroatoms. The van der Waals surface area contributed by atoms with E-state index in [1.807, 2.05) is 24.3 Å². The number of aromatic nitrogens is 2. The first-order valence-corrected chi connectivity index (χ1v) is 9.83. The Morgan fingerprint density at radius 2 is 2.00 bits per heavy atom. The maximum Gasteiger partial charge on any atom is 0.228 e. The van der Waals surface area contributed by atoms with Gasteiger partial charge in [-0.05, 0) is 53.0 Å². The lowest BCUT2D eigenvalue weighted by atomic mass is 9.96. The number of hydrogen-bond donors (Lipinski definition) is 1. The number of pyridine rings is 1. The molecular formula is C18H17BrN4OS. The number of carbonyl (C=O) groups excluding carboxylic acids is 1. The summed E-state index contributed by atoms with van der Waals surface area (Å²) in [6.45, 7) is 1.71. The largest absolute Gasteiger partial charge is 0.348 e. The quantitative estimate of drug-likeness (QED) is 0.690. The van der Waals surface area contributed by atoms with Gasteiger partial charge in [-0.25, -0.2) is 9.97 Å². The van der Waals surface area contributed by atoms with Gasteiger partial charge < -0.3 is 10.2 Å². The van der Waals surface area contributed by atoms with Crippen LogP contribution in [-0.4, -0.2) is 29.0 Å². The van der Waals surface area contributed by atoms with E-state index < -0.39 is 0 Å². The smallest absolute Gasteiger partial charge is 0.228 e. The molecule has 0 aliphatic carbocycles. The highest BCUT2D eigenvalue weighted by molar-refractivity contribution is 9.10. The highest BCUT2D eigenvalue weighted by Crippen LogP contribution is 2.31. The van der Waals surface area contributed by atoms with Crippen molar-refractivity contribution >= 4 is 54.3 Å². The third-order valence-corrected chi connectivity index (χ3v) is 5.96. The first kappa shape index (κ1) is 16.5. The number of nitrogens with one attached hydrogen (secondary N) is 1. The van der Waals surface area contributed by atoms with Crippen LogP contribution in [0.3, 0.4) is 0 Å². The number of thiazole rings is 1. The molecule has 1 aliphatic heterocycles. The van der Waals surface area contributed by atoms with E-state index in [0.29, 0.717) is 5.82 Å². The number of hydrogen-bond acceptors (Lipinski definition) is 5. The summed E-state index contributed by atoms with van der Waals surface area (Å²) in [5, 5.41) is 3.96. The number of rotatable bonds is 3. The van der Waals surface area contributed by atoms with Crippen LogP contribution in [-0.2, 0) is 4.79 Å². The number of nitrogens with zero attached hydrogens (tertiary/aromatic N) is 3. The van der Waals surface area contributed by atoms with Crippen LogP contribution in [0.1, 0.15) is 12.8 Å². The van der Waals surface area contributed by atoms with E-state index in [-0.39, 0.29) is 11.8 Å². The molecule has 1 amide bonds. The average Bonchev–Trinajstić information content (AvgIpc) is 3.08. The summed E-state index contributed by atoms with van der Waals surface area (Å²) in [5.74, 6) is 0.677. The Labute approximate surface area is 158 Å². The van der Waals surface area contributed by atoms with Gasteiger partial charge in [0.2, 0.25) is 5.91 Å². The molecule has 5 nitrogen and oxygen atoms in total. The Morgan fingerprint density at radius 3 is 2.72 bits per heavy atom. The molecule has 1 aliphatic rings. The highest BCUT2D eigenvalue weighted by atomic mass is 79.9. The van der Waals surface area contributed by atoms with Crippen molar-refractivity contribution in [3.05, 3.63) is 47.1 Å². The highest BCUT2D eigenvalue weighted by Gasteiger charge is 2.26. The van der Waals surface area contributed by atoms with Crippen LogP contribution in [0.2, 0.25) is 0 Å². The van der Waals surface area contributed by atoms with Gasteiger partial charge >= 0.3 is 0 Å². The zero-order chi connectivity index (χ0) is 17.2. The summed E-state index contributed by atoms with van der Waals surface area (Å²) in [7, 11) is 0. The SMILES string of the molecule is O=C(Nc1ccc(Br)cn1)C1CCN(c2nc3ccccc3s2)CC1. The fourth-order valence-electron chi connectivity index (χ4n) is 3.01. The Morgan fingerprint density at radius 1 is 1.20 bits per heavy atom. The van der Waals surface area contributed by atoms with Gasteiger partial charge in [-0.15, -0.1) is 0 Å². The molecule has 3 heterocycles. The predicted molar refractivity (Wildman–Crippen MR) is 105 cm³/mol. The summed E-state index contributed by atoms with van der Waals surface area (Å²) in [6, 6.07) is 11.9. The number of amides is 1. The van der Waals surface area contributed by atoms with Crippen molar-refractivity contribution in [1.82, 2.24) is 9.97 Å². The maximum absolute atomic E-state index is 12.4. The number of piperidine rings is 1. The zero-order valence-corrected chi connectivity index (χ0v) is 15.9. The number of para-hydroxylation sites is 1. The number of halogens is 1. The van der Waals surface area contributed by atoms with Crippen LogP contribution >= 0.6 is 27.3 Å². The molecule has 4 rings (SSSR count). The minimum absolute atomic E-state index is 0.0241. The third kappa shape index (κ3) is 3.67. The second-order valence-electron chi connectivity index (χ2n) is 6.08. The molecule has 0 spiro atoms. The molecule has 1 aromatic carbocycles. The second-order valence-corrected chi connectivity index (χ2v) is 8.00. The van der Waals surface area contributed by atoms with Gasteiger partial charge in [0, 0.05) is 29.7 Å². The topological polar surface area (TPSA) is 58.1 Å². The molecule has 0 saturated carbocycles. The normalized spacial score (nSPS) is 15.5. The molecule has 0 atom stereocenters. The molecule has 1 N–H and O–H groups in total. The molecule has 3 aromatic rings. The van der Waals surface area contributed by atoms with E-state index in [4.69, 9.17) is 4.98 Å². The monoisotopic (exact) mass is 416 g/mol. The third-order valence-electron chi connectivity index (χ3n) is 4.40. The van der Waals surface area contributed by atoms with E-state index in [1.165, 1.54) is 4.70 Å². The molecule has 2 aromatic heterocycles. The van der Waals surface area contributed by atoms with Crippen LogP contribution in [0.5, 0.6) is 0 Å². The van der Waals surface area contributed by atoms with Crippen molar-refractivity contribution in [3.63, 3.8) is 0 Å². The lowest BCUT2D eigenvalue weighted by Gasteiger charge is -2.30. The second kappa shape index (κ2) is 7.09. The van der Waals surface area contributed by atoms with Crippen LogP contribution < -0.4 is 10.2 Å². The van der Waals surface area contributed by atoms with Gasteiger partial charge in [-0.3, -0.25) is 4.79 Å². The number of carbonyl (C=O) groups is 1. The van der Waals surface area contributed by atoms with E-state index >= 15 is 0 Å². The van der Waals surface area contributed by atoms with Crippen molar-refractivity contribution in [2.45, 2.75) is 12.8 Å². The van der Waals surface area contributed by atoms with Gasteiger partial charge in [-0.1, -0.05) is 23.5 Å². The van der Waals surface area contributed by atoms with Gasteiger partial charge in [0.05, 0.1) is 10.2 Å². The van der Waals surface area contributed by atoms with Crippen molar-refractivity contribution in [2.75, 3.05) is 23.3 Å². The molecule has 0 bridgehead atoms. The summed E-state index contributed by atoms with van der Waals surface area (Å²) >= 11 is 5.06. The average molecular weight is 417 g/mol. The number of fused-ring (bicyclic) bond motifs is 1. The van der Waals surface area contributed by atoms with E-state index in [2.05, 4.69) is 37.2 Å². The summed E-state index contributed by atoms with van der Waals surface area (Å²) in [5.41, 5.74) is 1.05. The number of anilines is 2. The van der Waals surface area contributed by atoms with Crippen LogP contribution in [0.15, 0.2) is 47.1 Å². The number of benzene rings is 1.